The number of hydrogen-bond acceptors (Lipinski definition) is 6. The van der Waals surface area contributed by atoms with Crippen molar-refractivity contribution in [3.05, 3.63) is 47.0 Å². The van der Waals surface area contributed by atoms with E-state index in [4.69, 9.17) is 14.2 Å². The lowest BCUT2D eigenvalue weighted by atomic mass is 9.66. The zero-order valence-electron chi connectivity index (χ0n) is 21.5. The van der Waals surface area contributed by atoms with Crippen molar-refractivity contribution in [2.24, 2.45) is 5.92 Å². The first-order chi connectivity index (χ1) is 16.8. The Balaban J connectivity index is 1.68. The highest BCUT2D eigenvalue weighted by molar-refractivity contribution is 5.93. The number of nitrogens with zero attached hydrogens (tertiary/aromatic N) is 1. The standard InChI is InChI=1S/C28H38N2O5/c1-18-9-10-19(2)22(14-18)29-25(31)17-30-13-12-28(32)11-7-6-8-21(28)26(30)20-15-23(33-3)27(35-5)24(16-20)34-4/h9-10,14-16,21,26,32H,6-8,11-13,17H2,1-5H3,(H,29,31)/t21-,26+,28-/m0/s1. The minimum Gasteiger partial charge on any atom is -0.493 e. The van der Waals surface area contributed by atoms with Crippen LogP contribution in [0.15, 0.2) is 30.3 Å². The van der Waals surface area contributed by atoms with Crippen LogP contribution in [0.5, 0.6) is 17.2 Å². The zero-order valence-corrected chi connectivity index (χ0v) is 21.5. The van der Waals surface area contributed by atoms with Crippen LogP contribution in [0.25, 0.3) is 0 Å². The number of nitrogens with one attached hydrogen (secondary N) is 1. The number of aliphatic hydroxyl groups is 1. The van der Waals surface area contributed by atoms with Gasteiger partial charge in [-0.1, -0.05) is 25.0 Å². The number of ether oxygens (including phenoxy) is 3. The maximum Gasteiger partial charge on any atom is 0.238 e. The number of fused-ring (bicyclic) bond motifs is 1. The fourth-order valence-corrected chi connectivity index (χ4v) is 5.88. The molecule has 0 spiro atoms. The van der Waals surface area contributed by atoms with Gasteiger partial charge in [-0.05, 0) is 68.0 Å². The molecule has 0 aromatic heterocycles. The minimum atomic E-state index is -0.733. The zero-order chi connectivity index (χ0) is 25.2. The predicted molar refractivity (Wildman–Crippen MR) is 136 cm³/mol. The molecule has 2 fully saturated rings. The molecule has 4 rings (SSSR count). The van der Waals surface area contributed by atoms with Gasteiger partial charge in [-0.2, -0.15) is 0 Å². The molecule has 1 saturated heterocycles. The van der Waals surface area contributed by atoms with Gasteiger partial charge in [0, 0.05) is 24.2 Å². The van der Waals surface area contributed by atoms with Crippen molar-refractivity contribution < 1.29 is 24.1 Å². The lowest BCUT2D eigenvalue weighted by Gasteiger charge is -2.52. The van der Waals surface area contributed by atoms with Crippen molar-refractivity contribution in [1.29, 1.82) is 0 Å². The number of amides is 1. The van der Waals surface area contributed by atoms with E-state index in [2.05, 4.69) is 10.2 Å². The Bertz CT molecular complexity index is 1050. The summed E-state index contributed by atoms with van der Waals surface area (Å²) in [4.78, 5) is 15.4. The Morgan fingerprint density at radius 1 is 1.06 bits per heavy atom. The van der Waals surface area contributed by atoms with E-state index in [0.29, 0.717) is 30.2 Å². The second-order valence-corrected chi connectivity index (χ2v) is 9.95. The van der Waals surface area contributed by atoms with Crippen LogP contribution in [-0.4, -0.2) is 55.9 Å². The number of anilines is 1. The van der Waals surface area contributed by atoms with Gasteiger partial charge in [0.1, 0.15) is 0 Å². The molecule has 2 aliphatic rings. The van der Waals surface area contributed by atoms with E-state index in [1.165, 1.54) is 0 Å². The van der Waals surface area contributed by atoms with Crippen LogP contribution in [0.4, 0.5) is 5.69 Å². The molecule has 3 atom stereocenters. The lowest BCUT2D eigenvalue weighted by molar-refractivity contribution is -0.135. The normalized spacial score (nSPS) is 24.4. The minimum absolute atomic E-state index is 0.0151. The molecule has 190 valence electrons. The molecule has 2 aromatic carbocycles. The van der Waals surface area contributed by atoms with E-state index < -0.39 is 5.60 Å². The first-order valence-electron chi connectivity index (χ1n) is 12.4. The Kier molecular flexibility index (Phi) is 7.57. The average Bonchev–Trinajstić information content (AvgIpc) is 2.85. The molecular formula is C28H38N2O5. The third-order valence-corrected chi connectivity index (χ3v) is 7.71. The fraction of sp³-hybridized carbons (Fsp3) is 0.536. The smallest absolute Gasteiger partial charge is 0.238 e. The van der Waals surface area contributed by atoms with Gasteiger partial charge in [-0.15, -0.1) is 0 Å². The number of aryl methyl sites for hydroxylation is 2. The number of piperidine rings is 1. The highest BCUT2D eigenvalue weighted by Gasteiger charge is 2.49. The topological polar surface area (TPSA) is 80.3 Å². The van der Waals surface area contributed by atoms with Crippen LogP contribution in [0.3, 0.4) is 0 Å². The van der Waals surface area contributed by atoms with E-state index in [9.17, 15) is 9.90 Å². The van der Waals surface area contributed by atoms with Gasteiger partial charge >= 0.3 is 0 Å². The number of rotatable bonds is 7. The molecule has 1 heterocycles. The molecule has 1 aliphatic carbocycles. The van der Waals surface area contributed by atoms with E-state index in [1.54, 1.807) is 21.3 Å². The third-order valence-electron chi connectivity index (χ3n) is 7.71. The van der Waals surface area contributed by atoms with Crippen LogP contribution < -0.4 is 19.5 Å². The van der Waals surface area contributed by atoms with Gasteiger partial charge in [-0.3, -0.25) is 9.69 Å². The summed E-state index contributed by atoms with van der Waals surface area (Å²) >= 11 is 0. The first-order valence-corrected chi connectivity index (χ1v) is 12.4. The Hall–Kier alpha value is -2.77. The van der Waals surface area contributed by atoms with Gasteiger partial charge in [0.05, 0.1) is 33.5 Å². The summed E-state index contributed by atoms with van der Waals surface area (Å²) in [6, 6.07) is 9.84. The molecule has 0 radical (unpaired) electrons. The van der Waals surface area contributed by atoms with Crippen molar-refractivity contribution >= 4 is 11.6 Å². The van der Waals surface area contributed by atoms with Crippen molar-refractivity contribution in [3.63, 3.8) is 0 Å². The summed E-state index contributed by atoms with van der Waals surface area (Å²) in [6.45, 7) is 4.89. The molecule has 1 aliphatic heterocycles. The van der Waals surface area contributed by atoms with Gasteiger partial charge in [0.25, 0.3) is 0 Å². The van der Waals surface area contributed by atoms with Gasteiger partial charge in [0.15, 0.2) is 11.5 Å². The largest absolute Gasteiger partial charge is 0.493 e. The second-order valence-electron chi connectivity index (χ2n) is 9.95. The molecular weight excluding hydrogens is 444 g/mol. The van der Waals surface area contributed by atoms with E-state index in [0.717, 1.165) is 48.1 Å². The Morgan fingerprint density at radius 2 is 1.77 bits per heavy atom. The average molecular weight is 483 g/mol. The number of likely N-dealkylation sites (tertiary alicyclic amines) is 1. The van der Waals surface area contributed by atoms with E-state index in [-0.39, 0.29) is 24.4 Å². The van der Waals surface area contributed by atoms with Crippen LogP contribution in [0.1, 0.15) is 54.8 Å². The predicted octanol–water partition coefficient (Wildman–Crippen LogP) is 4.64. The Morgan fingerprint density at radius 3 is 2.43 bits per heavy atom. The monoisotopic (exact) mass is 482 g/mol. The summed E-state index contributed by atoms with van der Waals surface area (Å²) in [5.74, 6) is 1.64. The number of carbonyl (C=O) groups excluding carboxylic acids is 1. The van der Waals surface area contributed by atoms with Crippen molar-refractivity contribution in [3.8, 4) is 17.2 Å². The molecule has 0 bridgehead atoms. The van der Waals surface area contributed by atoms with Crippen LogP contribution in [0, 0.1) is 19.8 Å². The molecule has 2 aromatic rings. The molecule has 7 heteroatoms. The fourth-order valence-electron chi connectivity index (χ4n) is 5.88. The first kappa shape index (κ1) is 25.3. The number of benzene rings is 2. The van der Waals surface area contributed by atoms with Crippen molar-refractivity contribution in [2.45, 2.75) is 57.6 Å². The summed E-state index contributed by atoms with van der Waals surface area (Å²) in [7, 11) is 4.80. The Labute approximate surface area is 208 Å². The highest BCUT2D eigenvalue weighted by atomic mass is 16.5. The number of hydrogen-bond donors (Lipinski definition) is 2. The third kappa shape index (κ3) is 5.11. The number of carbonyl (C=O) groups is 1. The molecule has 7 nitrogen and oxygen atoms in total. The summed E-state index contributed by atoms with van der Waals surface area (Å²) in [5, 5.41) is 14.7. The molecule has 1 amide bonds. The van der Waals surface area contributed by atoms with Crippen LogP contribution in [0.2, 0.25) is 0 Å². The maximum absolute atomic E-state index is 13.2. The van der Waals surface area contributed by atoms with Gasteiger partial charge < -0.3 is 24.6 Å². The second kappa shape index (κ2) is 10.5. The summed E-state index contributed by atoms with van der Waals surface area (Å²) < 4.78 is 16.8. The molecule has 2 N–H and O–H groups in total. The summed E-state index contributed by atoms with van der Waals surface area (Å²) in [6.07, 6.45) is 4.46. The van der Waals surface area contributed by atoms with E-state index >= 15 is 0 Å². The number of methoxy groups -OCH3 is 3. The molecule has 35 heavy (non-hydrogen) atoms. The van der Waals surface area contributed by atoms with Gasteiger partial charge in [0.2, 0.25) is 11.7 Å². The quantitative estimate of drug-likeness (QED) is 0.599. The maximum atomic E-state index is 13.2. The summed E-state index contributed by atoms with van der Waals surface area (Å²) in [5.41, 5.74) is 3.20. The van der Waals surface area contributed by atoms with Crippen LogP contribution in [-0.2, 0) is 4.79 Å². The molecule has 1 saturated carbocycles. The SMILES string of the molecule is COc1cc([C@@H]2[C@@H]3CCCC[C@]3(O)CCN2CC(=O)Nc2cc(C)ccc2C)cc(OC)c1OC. The van der Waals surface area contributed by atoms with Crippen LogP contribution >= 0.6 is 0 Å². The highest BCUT2D eigenvalue weighted by Crippen LogP contribution is 2.51. The lowest BCUT2D eigenvalue weighted by Crippen LogP contribution is -2.56. The molecule has 0 unspecified atom stereocenters. The van der Waals surface area contributed by atoms with Gasteiger partial charge in [-0.25, -0.2) is 0 Å². The van der Waals surface area contributed by atoms with Crippen molar-refractivity contribution in [1.82, 2.24) is 4.90 Å². The van der Waals surface area contributed by atoms with Crippen molar-refractivity contribution in [2.75, 3.05) is 39.7 Å². The van der Waals surface area contributed by atoms with E-state index in [1.807, 2.05) is 44.2 Å².